The average molecular weight is 336 g/mol. The molecule has 4 nitrogen and oxygen atoms in total. The number of urea groups is 1. The van der Waals surface area contributed by atoms with Crippen molar-refractivity contribution >= 4 is 11.7 Å². The smallest absolute Gasteiger partial charge is 0.319 e. The molecule has 0 saturated heterocycles. The highest BCUT2D eigenvalue weighted by atomic mass is 16.5. The summed E-state index contributed by atoms with van der Waals surface area (Å²) < 4.78 is 5.33. The van der Waals surface area contributed by atoms with E-state index in [2.05, 4.69) is 28.7 Å². The molecule has 2 aromatic rings. The first kappa shape index (κ1) is 18.4. The van der Waals surface area contributed by atoms with E-state index >= 15 is 0 Å². The van der Waals surface area contributed by atoms with Gasteiger partial charge in [0.25, 0.3) is 0 Å². The van der Waals surface area contributed by atoms with Crippen molar-refractivity contribution in [3.63, 3.8) is 0 Å². The summed E-state index contributed by atoms with van der Waals surface area (Å²) in [5.41, 5.74) is 5.32. The van der Waals surface area contributed by atoms with E-state index in [1.165, 1.54) is 5.56 Å². The first-order valence-electron chi connectivity index (χ1n) is 8.27. The highest BCUT2D eigenvalue weighted by molar-refractivity contribution is 5.91. The first-order chi connectivity index (χ1) is 12.0. The van der Waals surface area contributed by atoms with Crippen LogP contribution in [0.25, 0.3) is 0 Å². The van der Waals surface area contributed by atoms with E-state index in [1.54, 1.807) is 0 Å². The van der Waals surface area contributed by atoms with Crippen LogP contribution in [0.1, 0.15) is 22.3 Å². The summed E-state index contributed by atoms with van der Waals surface area (Å²) in [4.78, 5) is 12.1. The van der Waals surface area contributed by atoms with E-state index in [4.69, 9.17) is 11.2 Å². The molecule has 0 aliphatic heterocycles. The Labute approximate surface area is 149 Å². The number of hydrogen-bond acceptors (Lipinski definition) is 2. The van der Waals surface area contributed by atoms with Gasteiger partial charge < -0.3 is 15.4 Å². The maximum atomic E-state index is 12.1. The summed E-state index contributed by atoms with van der Waals surface area (Å²) >= 11 is 0. The molecule has 0 bridgehead atoms. The van der Waals surface area contributed by atoms with E-state index in [1.807, 2.05) is 45.0 Å². The van der Waals surface area contributed by atoms with E-state index in [0.29, 0.717) is 6.54 Å². The first-order valence-corrected chi connectivity index (χ1v) is 8.27. The summed E-state index contributed by atoms with van der Waals surface area (Å²) in [5.74, 6) is 3.18. The minimum atomic E-state index is -0.191. The van der Waals surface area contributed by atoms with E-state index < -0.39 is 0 Å². The maximum absolute atomic E-state index is 12.1. The largest absolute Gasteiger partial charge is 0.481 e. The van der Waals surface area contributed by atoms with Gasteiger partial charge in [-0.15, -0.1) is 6.42 Å². The third kappa shape index (κ3) is 5.58. The third-order valence-electron chi connectivity index (χ3n) is 3.86. The van der Waals surface area contributed by atoms with Gasteiger partial charge in [-0.3, -0.25) is 0 Å². The van der Waals surface area contributed by atoms with Crippen molar-refractivity contribution in [1.82, 2.24) is 5.32 Å². The highest BCUT2D eigenvalue weighted by Crippen LogP contribution is 2.21. The summed E-state index contributed by atoms with van der Waals surface area (Å²) in [6.07, 6.45) is 5.91. The van der Waals surface area contributed by atoms with Gasteiger partial charge in [0, 0.05) is 12.2 Å². The Bertz CT molecular complexity index is 750. The average Bonchev–Trinajstić information content (AvgIpc) is 2.57. The van der Waals surface area contributed by atoms with Crippen LogP contribution in [-0.2, 0) is 6.42 Å². The van der Waals surface area contributed by atoms with Gasteiger partial charge >= 0.3 is 6.03 Å². The fourth-order valence-electron chi connectivity index (χ4n) is 2.73. The molecule has 0 fully saturated rings. The Hall–Kier alpha value is -2.93. The molecule has 2 aromatic carbocycles. The Kier molecular flexibility index (Phi) is 6.47. The lowest BCUT2D eigenvalue weighted by atomic mass is 10.1. The van der Waals surface area contributed by atoms with Crippen LogP contribution in [0.3, 0.4) is 0 Å². The van der Waals surface area contributed by atoms with Gasteiger partial charge in [-0.2, -0.15) is 0 Å². The molecular weight excluding hydrogens is 312 g/mol. The molecule has 0 aromatic heterocycles. The molecule has 0 spiro atoms. The standard InChI is InChI=1S/C21H24N2O2/c1-5-12-25-19-8-6-18(7-9-19)10-11-22-21(24)23-20-16(3)13-15(2)14-17(20)4/h1,6-9,13-14H,10-12H2,2-4H3,(H2,22,23,24). The predicted molar refractivity (Wildman–Crippen MR) is 102 cm³/mol. The fraction of sp³-hybridized carbons (Fsp3) is 0.286. The van der Waals surface area contributed by atoms with Crippen molar-refractivity contribution < 1.29 is 9.53 Å². The molecule has 0 saturated carbocycles. The van der Waals surface area contributed by atoms with Gasteiger partial charge in [-0.25, -0.2) is 4.79 Å². The molecule has 4 heteroatoms. The van der Waals surface area contributed by atoms with Crippen LogP contribution >= 0.6 is 0 Å². The highest BCUT2D eigenvalue weighted by Gasteiger charge is 2.07. The van der Waals surface area contributed by atoms with Gasteiger partial charge in [-0.1, -0.05) is 35.7 Å². The molecule has 0 heterocycles. The van der Waals surface area contributed by atoms with Crippen molar-refractivity contribution in [2.75, 3.05) is 18.5 Å². The summed E-state index contributed by atoms with van der Waals surface area (Å²) in [7, 11) is 0. The van der Waals surface area contributed by atoms with Crippen LogP contribution in [-0.4, -0.2) is 19.2 Å². The van der Waals surface area contributed by atoms with Crippen LogP contribution in [0.4, 0.5) is 10.5 Å². The molecule has 130 valence electrons. The number of hydrogen-bond donors (Lipinski definition) is 2. The second-order valence-corrected chi connectivity index (χ2v) is 6.04. The minimum absolute atomic E-state index is 0.191. The van der Waals surface area contributed by atoms with Crippen LogP contribution in [0.5, 0.6) is 5.75 Å². The molecule has 25 heavy (non-hydrogen) atoms. The van der Waals surface area contributed by atoms with Crippen LogP contribution in [0.15, 0.2) is 36.4 Å². The zero-order valence-electron chi connectivity index (χ0n) is 15.0. The summed E-state index contributed by atoms with van der Waals surface area (Å²) in [5, 5.41) is 5.83. The SMILES string of the molecule is C#CCOc1ccc(CCNC(=O)Nc2c(C)cc(C)cc2C)cc1. The molecular formula is C21H24N2O2. The maximum Gasteiger partial charge on any atom is 0.319 e. The van der Waals surface area contributed by atoms with Crippen LogP contribution in [0.2, 0.25) is 0 Å². The Morgan fingerprint density at radius 3 is 2.36 bits per heavy atom. The number of anilines is 1. The minimum Gasteiger partial charge on any atom is -0.481 e. The molecule has 0 aliphatic rings. The van der Waals surface area contributed by atoms with Gasteiger partial charge in [0.1, 0.15) is 12.4 Å². The molecule has 2 N–H and O–H groups in total. The van der Waals surface area contributed by atoms with Crippen molar-refractivity contribution in [2.45, 2.75) is 27.2 Å². The van der Waals surface area contributed by atoms with Gasteiger partial charge in [-0.05, 0) is 56.0 Å². The molecule has 0 aliphatic carbocycles. The zero-order chi connectivity index (χ0) is 18.2. The number of amides is 2. The van der Waals surface area contributed by atoms with E-state index in [9.17, 15) is 4.79 Å². The monoisotopic (exact) mass is 336 g/mol. The number of nitrogens with one attached hydrogen (secondary N) is 2. The Balaban J connectivity index is 1.82. The van der Waals surface area contributed by atoms with Gasteiger partial charge in [0.05, 0.1) is 0 Å². The number of carbonyl (C=O) groups is 1. The Morgan fingerprint density at radius 1 is 1.12 bits per heavy atom. The topological polar surface area (TPSA) is 50.4 Å². The van der Waals surface area contributed by atoms with Crippen molar-refractivity contribution in [3.05, 3.63) is 58.7 Å². The zero-order valence-corrected chi connectivity index (χ0v) is 15.0. The van der Waals surface area contributed by atoms with Gasteiger partial charge in [0.15, 0.2) is 0 Å². The number of ether oxygens (including phenoxy) is 1. The molecule has 0 atom stereocenters. The van der Waals surface area contributed by atoms with Crippen LogP contribution in [0, 0.1) is 33.1 Å². The summed E-state index contributed by atoms with van der Waals surface area (Å²) in [6.45, 7) is 6.87. The quantitative estimate of drug-likeness (QED) is 0.784. The molecule has 2 amide bonds. The van der Waals surface area contributed by atoms with E-state index in [0.717, 1.165) is 34.5 Å². The van der Waals surface area contributed by atoms with Crippen LogP contribution < -0.4 is 15.4 Å². The molecule has 2 rings (SSSR count). The third-order valence-corrected chi connectivity index (χ3v) is 3.86. The lowest BCUT2D eigenvalue weighted by Gasteiger charge is -2.13. The number of aryl methyl sites for hydroxylation is 3. The second-order valence-electron chi connectivity index (χ2n) is 6.04. The molecule has 0 unspecified atom stereocenters. The normalized spacial score (nSPS) is 10.0. The Morgan fingerprint density at radius 2 is 1.76 bits per heavy atom. The number of carbonyl (C=O) groups excluding carboxylic acids is 1. The predicted octanol–water partition coefficient (Wildman–Crippen LogP) is 3.99. The number of terminal acetylenes is 1. The van der Waals surface area contributed by atoms with Gasteiger partial charge in [0.2, 0.25) is 0 Å². The summed E-state index contributed by atoms with van der Waals surface area (Å²) in [6, 6.07) is 11.6. The number of rotatable bonds is 6. The van der Waals surface area contributed by atoms with Crippen molar-refractivity contribution in [2.24, 2.45) is 0 Å². The van der Waals surface area contributed by atoms with E-state index in [-0.39, 0.29) is 12.6 Å². The lowest BCUT2D eigenvalue weighted by Crippen LogP contribution is -2.31. The number of benzene rings is 2. The van der Waals surface area contributed by atoms with Crippen molar-refractivity contribution in [1.29, 1.82) is 0 Å². The second kappa shape index (κ2) is 8.79. The lowest BCUT2D eigenvalue weighted by molar-refractivity contribution is 0.252. The van der Waals surface area contributed by atoms with Crippen molar-refractivity contribution in [3.8, 4) is 18.1 Å². The fourth-order valence-corrected chi connectivity index (χ4v) is 2.73. The molecule has 0 radical (unpaired) electrons.